The largest absolute Gasteiger partial charge is 0.370 e. The van der Waals surface area contributed by atoms with Crippen LogP contribution in [0.2, 0.25) is 0 Å². The molecule has 132 valence electrons. The lowest BCUT2D eigenvalue weighted by Gasteiger charge is -2.43. The SMILES string of the molecule is NC(=O)CC1(c2c(F)cccc2F)CCCN(Cc2ccccc2)C1. The van der Waals surface area contributed by atoms with Crippen molar-refractivity contribution in [1.29, 1.82) is 0 Å². The molecule has 0 aliphatic carbocycles. The standard InChI is InChI=1S/C20H22F2N2O/c21-16-8-4-9-17(22)19(16)20(12-18(23)25)10-5-11-24(14-20)13-15-6-2-1-3-7-15/h1-4,6-9H,5,10-14H2,(H2,23,25). The van der Waals surface area contributed by atoms with Gasteiger partial charge in [-0.05, 0) is 37.1 Å². The van der Waals surface area contributed by atoms with Crippen LogP contribution in [0.5, 0.6) is 0 Å². The van der Waals surface area contributed by atoms with Gasteiger partial charge in [0, 0.05) is 30.5 Å². The minimum absolute atomic E-state index is 0.00781. The predicted octanol–water partition coefficient (Wildman–Crippen LogP) is 3.37. The quantitative estimate of drug-likeness (QED) is 0.904. The smallest absolute Gasteiger partial charge is 0.218 e. The van der Waals surface area contributed by atoms with Crippen LogP contribution in [-0.4, -0.2) is 23.9 Å². The number of hydrogen-bond donors (Lipinski definition) is 1. The molecule has 1 atom stereocenters. The van der Waals surface area contributed by atoms with Crippen LogP contribution >= 0.6 is 0 Å². The van der Waals surface area contributed by atoms with Gasteiger partial charge in [0.1, 0.15) is 11.6 Å². The number of nitrogens with two attached hydrogens (primary N) is 1. The van der Waals surface area contributed by atoms with E-state index in [4.69, 9.17) is 5.73 Å². The highest BCUT2D eigenvalue weighted by Crippen LogP contribution is 2.40. The monoisotopic (exact) mass is 344 g/mol. The van der Waals surface area contributed by atoms with E-state index >= 15 is 0 Å². The highest BCUT2D eigenvalue weighted by molar-refractivity contribution is 5.75. The van der Waals surface area contributed by atoms with Crippen molar-refractivity contribution >= 4 is 5.91 Å². The molecule has 0 spiro atoms. The molecular formula is C20H22F2N2O. The number of rotatable bonds is 5. The van der Waals surface area contributed by atoms with E-state index in [1.54, 1.807) is 0 Å². The third-order valence-electron chi connectivity index (χ3n) is 4.91. The summed E-state index contributed by atoms with van der Waals surface area (Å²) in [7, 11) is 0. The molecule has 1 amide bonds. The molecule has 1 saturated heterocycles. The second-order valence-corrected chi connectivity index (χ2v) is 6.82. The van der Waals surface area contributed by atoms with Crippen molar-refractivity contribution in [2.45, 2.75) is 31.2 Å². The first kappa shape index (κ1) is 17.5. The van der Waals surface area contributed by atoms with E-state index in [1.807, 2.05) is 30.3 Å². The Labute approximate surface area is 146 Å². The molecule has 1 aliphatic heterocycles. The highest BCUT2D eigenvalue weighted by atomic mass is 19.1. The Hall–Kier alpha value is -2.27. The molecule has 1 fully saturated rings. The number of benzene rings is 2. The lowest BCUT2D eigenvalue weighted by Crippen LogP contribution is -2.48. The number of amides is 1. The molecule has 3 nitrogen and oxygen atoms in total. The molecule has 0 saturated carbocycles. The van der Waals surface area contributed by atoms with Crippen LogP contribution in [0.25, 0.3) is 0 Å². The molecule has 0 aromatic heterocycles. The lowest BCUT2D eigenvalue weighted by molar-refractivity contribution is -0.119. The van der Waals surface area contributed by atoms with Crippen LogP contribution in [-0.2, 0) is 16.8 Å². The van der Waals surface area contributed by atoms with Gasteiger partial charge in [0.15, 0.2) is 0 Å². The summed E-state index contributed by atoms with van der Waals surface area (Å²) in [5, 5.41) is 0. The van der Waals surface area contributed by atoms with Gasteiger partial charge < -0.3 is 5.73 Å². The van der Waals surface area contributed by atoms with Crippen molar-refractivity contribution in [3.63, 3.8) is 0 Å². The summed E-state index contributed by atoms with van der Waals surface area (Å²) in [6.45, 7) is 1.91. The fourth-order valence-corrected chi connectivity index (χ4v) is 3.98. The maximum absolute atomic E-state index is 14.5. The normalized spacial score (nSPS) is 21.2. The van der Waals surface area contributed by atoms with Gasteiger partial charge in [-0.3, -0.25) is 9.69 Å². The van der Waals surface area contributed by atoms with Crippen molar-refractivity contribution in [2.75, 3.05) is 13.1 Å². The lowest BCUT2D eigenvalue weighted by atomic mass is 9.71. The minimum atomic E-state index is -0.922. The zero-order valence-corrected chi connectivity index (χ0v) is 14.1. The first-order chi connectivity index (χ1) is 12.0. The third-order valence-corrected chi connectivity index (χ3v) is 4.91. The molecule has 5 heteroatoms. The van der Waals surface area contributed by atoms with Gasteiger partial charge in [-0.25, -0.2) is 8.78 Å². The number of carbonyl (C=O) groups excluding carboxylic acids is 1. The maximum atomic E-state index is 14.5. The second-order valence-electron chi connectivity index (χ2n) is 6.82. The Morgan fingerprint density at radius 2 is 1.76 bits per heavy atom. The molecule has 25 heavy (non-hydrogen) atoms. The first-order valence-electron chi connectivity index (χ1n) is 8.49. The topological polar surface area (TPSA) is 46.3 Å². The van der Waals surface area contributed by atoms with E-state index in [2.05, 4.69) is 4.90 Å². The number of hydrogen-bond acceptors (Lipinski definition) is 2. The summed E-state index contributed by atoms with van der Waals surface area (Å²) in [5.41, 5.74) is 5.64. The Bertz CT molecular complexity index is 730. The van der Waals surface area contributed by atoms with Gasteiger partial charge >= 0.3 is 0 Å². The Morgan fingerprint density at radius 3 is 2.40 bits per heavy atom. The average molecular weight is 344 g/mol. The Kier molecular flexibility index (Phi) is 5.13. The summed E-state index contributed by atoms with van der Waals surface area (Å²) < 4.78 is 28.9. The Balaban J connectivity index is 1.93. The van der Waals surface area contributed by atoms with Crippen LogP contribution in [0.4, 0.5) is 8.78 Å². The molecule has 2 aromatic rings. The van der Waals surface area contributed by atoms with E-state index < -0.39 is 23.0 Å². The predicted molar refractivity (Wildman–Crippen MR) is 92.8 cm³/mol. The van der Waals surface area contributed by atoms with E-state index in [-0.39, 0.29) is 12.0 Å². The van der Waals surface area contributed by atoms with Crippen molar-refractivity contribution in [3.05, 3.63) is 71.3 Å². The highest BCUT2D eigenvalue weighted by Gasteiger charge is 2.42. The van der Waals surface area contributed by atoms with Crippen molar-refractivity contribution in [3.8, 4) is 0 Å². The van der Waals surface area contributed by atoms with Crippen molar-refractivity contribution in [2.24, 2.45) is 5.73 Å². The molecule has 2 N–H and O–H groups in total. The van der Waals surface area contributed by atoms with Gasteiger partial charge in [-0.2, -0.15) is 0 Å². The van der Waals surface area contributed by atoms with E-state index in [1.165, 1.54) is 18.2 Å². The molecular weight excluding hydrogens is 322 g/mol. The van der Waals surface area contributed by atoms with E-state index in [0.29, 0.717) is 19.5 Å². The summed E-state index contributed by atoms with van der Waals surface area (Å²) >= 11 is 0. The summed E-state index contributed by atoms with van der Waals surface area (Å²) in [4.78, 5) is 13.8. The van der Waals surface area contributed by atoms with Crippen LogP contribution in [0, 0.1) is 11.6 Å². The molecule has 1 aliphatic rings. The number of primary amides is 1. The number of carbonyl (C=O) groups is 1. The van der Waals surface area contributed by atoms with Crippen LogP contribution < -0.4 is 5.73 Å². The second kappa shape index (κ2) is 7.31. The number of nitrogens with zero attached hydrogens (tertiary/aromatic N) is 1. The molecule has 1 unspecified atom stereocenters. The van der Waals surface area contributed by atoms with Crippen LogP contribution in [0.1, 0.15) is 30.4 Å². The number of likely N-dealkylation sites (tertiary alicyclic amines) is 1. The van der Waals surface area contributed by atoms with Gasteiger partial charge in [-0.1, -0.05) is 36.4 Å². The first-order valence-corrected chi connectivity index (χ1v) is 8.49. The average Bonchev–Trinajstić information content (AvgIpc) is 2.55. The van der Waals surface area contributed by atoms with Gasteiger partial charge in [0.05, 0.1) is 0 Å². The molecule has 1 heterocycles. The van der Waals surface area contributed by atoms with Gasteiger partial charge in [0.2, 0.25) is 5.91 Å². The zero-order chi connectivity index (χ0) is 17.9. The van der Waals surface area contributed by atoms with Crippen LogP contribution in [0.3, 0.4) is 0 Å². The summed E-state index contributed by atoms with van der Waals surface area (Å²) in [6, 6.07) is 13.8. The Morgan fingerprint density at radius 1 is 1.08 bits per heavy atom. The van der Waals surface area contributed by atoms with Gasteiger partial charge in [0.25, 0.3) is 0 Å². The molecule has 3 rings (SSSR count). The van der Waals surface area contributed by atoms with Crippen molar-refractivity contribution in [1.82, 2.24) is 4.90 Å². The molecule has 0 radical (unpaired) electrons. The van der Waals surface area contributed by atoms with E-state index in [0.717, 1.165) is 18.5 Å². The summed E-state index contributed by atoms with van der Waals surface area (Å²) in [6.07, 6.45) is 1.24. The number of halogens is 2. The van der Waals surface area contributed by atoms with Gasteiger partial charge in [-0.15, -0.1) is 0 Å². The van der Waals surface area contributed by atoms with Crippen molar-refractivity contribution < 1.29 is 13.6 Å². The molecule has 0 bridgehead atoms. The molecule has 2 aromatic carbocycles. The zero-order valence-electron chi connectivity index (χ0n) is 14.1. The third kappa shape index (κ3) is 3.87. The minimum Gasteiger partial charge on any atom is -0.370 e. The fraction of sp³-hybridized carbons (Fsp3) is 0.350. The maximum Gasteiger partial charge on any atom is 0.218 e. The van der Waals surface area contributed by atoms with Crippen LogP contribution in [0.15, 0.2) is 48.5 Å². The van der Waals surface area contributed by atoms with E-state index in [9.17, 15) is 13.6 Å². The number of piperidine rings is 1. The summed E-state index contributed by atoms with van der Waals surface area (Å²) in [5.74, 6) is -1.75. The fourth-order valence-electron chi connectivity index (χ4n) is 3.98.